The Morgan fingerprint density at radius 2 is 1.85 bits per heavy atom. The molecule has 1 aromatic carbocycles. The Kier molecular flexibility index (Phi) is 4.45. The van der Waals surface area contributed by atoms with Gasteiger partial charge in [-0.15, -0.1) is 0 Å². The molecule has 0 aliphatic carbocycles. The quantitative estimate of drug-likeness (QED) is 0.809. The minimum absolute atomic E-state index is 0.0186. The summed E-state index contributed by atoms with van der Waals surface area (Å²) in [6.07, 6.45) is 0.372. The van der Waals surface area contributed by atoms with Crippen LogP contribution in [0.2, 0.25) is 0 Å². The van der Waals surface area contributed by atoms with Gasteiger partial charge in [-0.25, -0.2) is 4.79 Å². The monoisotopic (exact) mass is 360 g/mol. The second kappa shape index (κ2) is 6.58. The molecule has 0 amide bonds. The zero-order valence-electron chi connectivity index (χ0n) is 14.9. The maximum atomic E-state index is 12.4. The Bertz CT molecular complexity index is 1010. The zero-order valence-corrected chi connectivity index (χ0v) is 14.9. The highest BCUT2D eigenvalue weighted by Gasteiger charge is 2.28. The van der Waals surface area contributed by atoms with E-state index in [-0.39, 0.29) is 11.6 Å². The first-order valence-corrected chi connectivity index (χ1v) is 7.92. The van der Waals surface area contributed by atoms with Gasteiger partial charge in [-0.05, 0) is 17.7 Å². The number of aromatic nitrogens is 2. The molecule has 1 aromatic heterocycles. The number of benzene rings is 1. The van der Waals surface area contributed by atoms with Crippen molar-refractivity contribution in [3.8, 4) is 17.4 Å². The standard InChI is InChI=1S/C17H20N4O5/c1-20-15(22)14(16(23)21(2)17(20)24)11-8-10(18-19-11)9-5-6-12(25-3)13(7-9)26-4/h5-7,10,18,22H,8H2,1-4H3/t10-/m1/s1. The molecule has 0 radical (unpaired) electrons. The van der Waals surface area contributed by atoms with Gasteiger partial charge in [-0.2, -0.15) is 5.10 Å². The summed E-state index contributed by atoms with van der Waals surface area (Å²) in [5.74, 6) is 0.799. The van der Waals surface area contributed by atoms with Crippen LogP contribution in [0.15, 0.2) is 32.9 Å². The number of methoxy groups -OCH3 is 2. The molecule has 9 heteroatoms. The Balaban J connectivity index is 1.95. The Labute approximate surface area is 149 Å². The van der Waals surface area contributed by atoms with E-state index in [0.29, 0.717) is 23.6 Å². The van der Waals surface area contributed by atoms with Gasteiger partial charge in [-0.3, -0.25) is 13.9 Å². The third-order valence-corrected chi connectivity index (χ3v) is 4.49. The van der Waals surface area contributed by atoms with Crippen LogP contribution in [-0.2, 0) is 14.1 Å². The molecule has 2 aromatic rings. The summed E-state index contributed by atoms with van der Waals surface area (Å²) < 4.78 is 12.5. The van der Waals surface area contributed by atoms with Gasteiger partial charge in [0.2, 0.25) is 5.88 Å². The van der Waals surface area contributed by atoms with Gasteiger partial charge in [0.15, 0.2) is 11.5 Å². The van der Waals surface area contributed by atoms with Crippen LogP contribution in [0.1, 0.15) is 23.6 Å². The number of hydrogen-bond donors (Lipinski definition) is 2. The maximum absolute atomic E-state index is 12.4. The lowest BCUT2D eigenvalue weighted by Gasteiger charge is -2.14. The summed E-state index contributed by atoms with van der Waals surface area (Å²) in [6, 6.07) is 5.28. The van der Waals surface area contributed by atoms with Crippen LogP contribution in [0.3, 0.4) is 0 Å². The van der Waals surface area contributed by atoms with Gasteiger partial charge in [0.05, 0.1) is 26.0 Å². The predicted octanol–water partition coefficient (Wildman–Crippen LogP) is 0.246. The molecule has 0 saturated carbocycles. The maximum Gasteiger partial charge on any atom is 0.333 e. The van der Waals surface area contributed by atoms with Gasteiger partial charge >= 0.3 is 5.69 Å². The fraction of sp³-hybridized carbons (Fsp3) is 0.353. The van der Waals surface area contributed by atoms with Crippen LogP contribution in [0.4, 0.5) is 0 Å². The van der Waals surface area contributed by atoms with Gasteiger partial charge in [-0.1, -0.05) is 6.07 Å². The molecule has 138 valence electrons. The summed E-state index contributed by atoms with van der Waals surface area (Å²) in [7, 11) is 5.88. The van der Waals surface area contributed by atoms with Crippen molar-refractivity contribution in [2.75, 3.05) is 14.2 Å². The number of hydrazone groups is 1. The van der Waals surface area contributed by atoms with E-state index in [1.54, 1.807) is 20.3 Å². The topological polar surface area (TPSA) is 107 Å². The molecule has 0 unspecified atom stereocenters. The highest BCUT2D eigenvalue weighted by atomic mass is 16.5. The number of aromatic hydroxyl groups is 1. The SMILES string of the molecule is COc1ccc([C@H]2CC(c3c(O)n(C)c(=O)n(C)c3=O)=NN2)cc1OC. The molecule has 1 atom stereocenters. The van der Waals surface area contributed by atoms with Crippen molar-refractivity contribution >= 4 is 5.71 Å². The molecule has 26 heavy (non-hydrogen) atoms. The minimum atomic E-state index is -0.598. The van der Waals surface area contributed by atoms with E-state index in [4.69, 9.17) is 9.47 Å². The van der Waals surface area contributed by atoms with Crippen molar-refractivity contribution in [2.24, 2.45) is 19.2 Å². The van der Waals surface area contributed by atoms with E-state index in [2.05, 4.69) is 10.5 Å². The molecular formula is C17H20N4O5. The predicted molar refractivity (Wildman–Crippen MR) is 95.2 cm³/mol. The van der Waals surface area contributed by atoms with E-state index < -0.39 is 17.1 Å². The fourth-order valence-corrected chi connectivity index (χ4v) is 2.95. The molecule has 3 rings (SSSR count). The molecule has 9 nitrogen and oxygen atoms in total. The number of rotatable bonds is 4. The molecule has 0 saturated heterocycles. The molecule has 0 bridgehead atoms. The summed E-state index contributed by atoms with van der Waals surface area (Å²) in [4.78, 5) is 24.3. The number of hydrogen-bond acceptors (Lipinski definition) is 7. The summed E-state index contributed by atoms with van der Waals surface area (Å²) in [5, 5.41) is 14.5. The Morgan fingerprint density at radius 3 is 2.50 bits per heavy atom. The van der Waals surface area contributed by atoms with Crippen LogP contribution < -0.4 is 26.1 Å². The van der Waals surface area contributed by atoms with Crippen LogP contribution in [0.25, 0.3) is 0 Å². The average Bonchev–Trinajstić information content (AvgIpc) is 3.14. The Morgan fingerprint density at radius 1 is 1.15 bits per heavy atom. The van der Waals surface area contributed by atoms with E-state index in [0.717, 1.165) is 14.7 Å². The van der Waals surface area contributed by atoms with Crippen molar-refractivity contribution in [3.63, 3.8) is 0 Å². The van der Waals surface area contributed by atoms with Crippen molar-refractivity contribution in [3.05, 3.63) is 50.2 Å². The zero-order chi connectivity index (χ0) is 19.0. The third-order valence-electron chi connectivity index (χ3n) is 4.49. The van der Waals surface area contributed by atoms with Crippen molar-refractivity contribution < 1.29 is 14.6 Å². The first kappa shape index (κ1) is 17.6. The Hall–Kier alpha value is -3.23. The van der Waals surface area contributed by atoms with Crippen LogP contribution in [0.5, 0.6) is 17.4 Å². The fourth-order valence-electron chi connectivity index (χ4n) is 2.95. The number of ether oxygens (including phenoxy) is 2. The van der Waals surface area contributed by atoms with E-state index in [1.807, 2.05) is 12.1 Å². The van der Waals surface area contributed by atoms with Gasteiger partial charge < -0.3 is 20.0 Å². The number of nitrogens with one attached hydrogen (secondary N) is 1. The highest BCUT2D eigenvalue weighted by molar-refractivity contribution is 6.03. The summed E-state index contributed by atoms with van der Waals surface area (Å²) in [6.45, 7) is 0. The van der Waals surface area contributed by atoms with Crippen molar-refractivity contribution in [1.82, 2.24) is 14.6 Å². The minimum Gasteiger partial charge on any atom is -0.494 e. The van der Waals surface area contributed by atoms with E-state index in [9.17, 15) is 14.7 Å². The molecule has 1 aliphatic rings. The average molecular weight is 360 g/mol. The second-order valence-electron chi connectivity index (χ2n) is 5.96. The first-order chi connectivity index (χ1) is 12.4. The second-order valence-corrected chi connectivity index (χ2v) is 5.96. The third kappa shape index (κ3) is 2.71. The van der Waals surface area contributed by atoms with Gasteiger partial charge in [0.25, 0.3) is 5.56 Å². The van der Waals surface area contributed by atoms with E-state index >= 15 is 0 Å². The lowest BCUT2D eigenvalue weighted by Crippen LogP contribution is -2.39. The van der Waals surface area contributed by atoms with Gasteiger partial charge in [0, 0.05) is 20.5 Å². The van der Waals surface area contributed by atoms with Crippen LogP contribution in [0, 0.1) is 0 Å². The molecule has 0 spiro atoms. The summed E-state index contributed by atoms with van der Waals surface area (Å²) in [5.41, 5.74) is 3.08. The van der Waals surface area contributed by atoms with Crippen molar-refractivity contribution in [2.45, 2.75) is 12.5 Å². The lowest BCUT2D eigenvalue weighted by atomic mass is 9.99. The van der Waals surface area contributed by atoms with Gasteiger partial charge in [0.1, 0.15) is 5.56 Å². The summed E-state index contributed by atoms with van der Waals surface area (Å²) >= 11 is 0. The molecule has 0 fully saturated rings. The van der Waals surface area contributed by atoms with Crippen LogP contribution >= 0.6 is 0 Å². The normalized spacial score (nSPS) is 16.2. The smallest absolute Gasteiger partial charge is 0.333 e. The molecule has 1 aliphatic heterocycles. The molecule has 2 heterocycles. The lowest BCUT2D eigenvalue weighted by molar-refractivity contribution is 0.354. The first-order valence-electron chi connectivity index (χ1n) is 7.92. The van der Waals surface area contributed by atoms with E-state index in [1.165, 1.54) is 14.1 Å². The number of nitrogens with zero attached hydrogens (tertiary/aromatic N) is 3. The van der Waals surface area contributed by atoms with Crippen molar-refractivity contribution in [1.29, 1.82) is 0 Å². The highest BCUT2D eigenvalue weighted by Crippen LogP contribution is 2.33. The largest absolute Gasteiger partial charge is 0.494 e. The molecule has 2 N–H and O–H groups in total. The molecular weight excluding hydrogens is 340 g/mol. The van der Waals surface area contributed by atoms with Crippen LogP contribution in [-0.4, -0.2) is 34.2 Å².